The fourth-order valence-electron chi connectivity index (χ4n) is 2.79. The van der Waals surface area contributed by atoms with Crippen molar-refractivity contribution in [2.24, 2.45) is 11.8 Å². The Kier molecular flexibility index (Phi) is 5.51. The maximum atomic E-state index is 12.7. The van der Waals surface area contributed by atoms with E-state index in [1.54, 1.807) is 0 Å². The molecule has 2 heterocycles. The Morgan fingerprint density at radius 3 is 2.71 bits per heavy atom. The highest BCUT2D eigenvalue weighted by Crippen LogP contribution is 2.32. The molecule has 1 atom stereocenters. The van der Waals surface area contributed by atoms with Gasteiger partial charge in [0.2, 0.25) is 10.0 Å². The lowest BCUT2D eigenvalue weighted by molar-refractivity contribution is 0.245. The van der Waals surface area contributed by atoms with Crippen LogP contribution in [0.25, 0.3) is 0 Å². The smallest absolute Gasteiger partial charge is 0.247 e. The third-order valence-electron chi connectivity index (χ3n) is 4.15. The van der Waals surface area contributed by atoms with E-state index < -0.39 is 10.0 Å². The third kappa shape index (κ3) is 3.70. The van der Waals surface area contributed by atoms with Gasteiger partial charge in [0.15, 0.2) is 4.67 Å². The van der Waals surface area contributed by atoms with Crippen LogP contribution in [-0.2, 0) is 16.6 Å². The van der Waals surface area contributed by atoms with Crippen molar-refractivity contribution in [1.82, 2.24) is 4.31 Å². The van der Waals surface area contributed by atoms with Crippen LogP contribution in [0.1, 0.15) is 38.9 Å². The number of hydrogen-bond acceptors (Lipinski definition) is 4. The predicted octanol–water partition coefficient (Wildman–Crippen LogP) is 2.98. The van der Waals surface area contributed by atoms with E-state index in [9.17, 15) is 8.42 Å². The Hall–Kier alpha value is -0.370. The Morgan fingerprint density at radius 2 is 2.14 bits per heavy atom. The molecule has 5 nitrogen and oxygen atoms in total. The molecular formula is C14H22BrNO4S. The van der Waals surface area contributed by atoms with Crippen molar-refractivity contribution < 1.29 is 17.9 Å². The van der Waals surface area contributed by atoms with Gasteiger partial charge in [0.05, 0.1) is 0 Å². The van der Waals surface area contributed by atoms with Gasteiger partial charge in [-0.05, 0) is 47.0 Å². The monoisotopic (exact) mass is 379 g/mol. The molecule has 0 saturated carbocycles. The molecule has 1 N–H and O–H groups in total. The van der Waals surface area contributed by atoms with Gasteiger partial charge in [0.25, 0.3) is 0 Å². The first-order valence-electron chi connectivity index (χ1n) is 7.25. The zero-order valence-corrected chi connectivity index (χ0v) is 14.8. The van der Waals surface area contributed by atoms with Crippen molar-refractivity contribution in [1.29, 1.82) is 0 Å². The van der Waals surface area contributed by atoms with Crippen LogP contribution in [-0.4, -0.2) is 30.9 Å². The van der Waals surface area contributed by atoms with E-state index >= 15 is 0 Å². The molecule has 0 aliphatic carbocycles. The molecule has 1 aromatic heterocycles. The first-order valence-corrected chi connectivity index (χ1v) is 9.48. The lowest BCUT2D eigenvalue weighted by Gasteiger charge is -2.20. The highest BCUT2D eigenvalue weighted by atomic mass is 79.9. The van der Waals surface area contributed by atoms with E-state index in [4.69, 9.17) is 9.52 Å². The van der Waals surface area contributed by atoms with E-state index in [-0.39, 0.29) is 21.9 Å². The molecule has 120 valence electrons. The summed E-state index contributed by atoms with van der Waals surface area (Å²) < 4.78 is 32.3. The highest BCUT2D eigenvalue weighted by molar-refractivity contribution is 9.10. The summed E-state index contributed by atoms with van der Waals surface area (Å²) in [4.78, 5) is 0.106. The summed E-state index contributed by atoms with van der Waals surface area (Å²) in [6.07, 6.45) is 2.84. The number of halogens is 1. The number of aliphatic hydroxyl groups is 1. The number of rotatable bonds is 4. The first-order chi connectivity index (χ1) is 9.86. The van der Waals surface area contributed by atoms with Gasteiger partial charge in [0.1, 0.15) is 17.3 Å². The summed E-state index contributed by atoms with van der Waals surface area (Å²) >= 11 is 3.13. The Balaban J connectivity index is 2.21. The van der Waals surface area contributed by atoms with Crippen LogP contribution in [0.2, 0.25) is 0 Å². The molecule has 1 aliphatic heterocycles. The normalized spacial score (nSPS) is 21.7. The van der Waals surface area contributed by atoms with Crippen LogP contribution in [0.4, 0.5) is 0 Å². The van der Waals surface area contributed by atoms with Gasteiger partial charge in [-0.15, -0.1) is 0 Å². The average molecular weight is 380 g/mol. The number of furan rings is 1. The average Bonchev–Trinajstić information content (AvgIpc) is 2.65. The molecular weight excluding hydrogens is 358 g/mol. The quantitative estimate of drug-likeness (QED) is 0.872. The van der Waals surface area contributed by atoms with E-state index in [1.165, 1.54) is 10.4 Å². The minimum atomic E-state index is -3.57. The summed E-state index contributed by atoms with van der Waals surface area (Å²) in [6, 6.07) is 1.39. The van der Waals surface area contributed by atoms with Crippen molar-refractivity contribution in [2.45, 2.75) is 44.6 Å². The molecule has 0 radical (unpaired) electrons. The number of nitrogens with zero attached hydrogens (tertiary/aromatic N) is 1. The Bertz CT molecular complexity index is 582. The van der Waals surface area contributed by atoms with Crippen LogP contribution >= 0.6 is 15.9 Å². The second kappa shape index (κ2) is 6.81. The fourth-order valence-corrected chi connectivity index (χ4v) is 5.25. The lowest BCUT2D eigenvalue weighted by atomic mass is 9.89. The summed E-state index contributed by atoms with van der Waals surface area (Å²) in [7, 11) is -3.57. The van der Waals surface area contributed by atoms with Crippen molar-refractivity contribution in [3.8, 4) is 0 Å². The fraction of sp³-hybridized carbons (Fsp3) is 0.714. The topological polar surface area (TPSA) is 70.8 Å². The minimum Gasteiger partial charge on any atom is -0.450 e. The number of hydrogen-bond donors (Lipinski definition) is 1. The second-order valence-electron chi connectivity index (χ2n) is 5.85. The summed E-state index contributed by atoms with van der Waals surface area (Å²) in [6.45, 7) is 5.14. The van der Waals surface area contributed by atoms with E-state index in [1.807, 2.05) is 0 Å². The zero-order chi connectivity index (χ0) is 15.6. The molecule has 2 rings (SSSR count). The van der Waals surface area contributed by atoms with Gasteiger partial charge < -0.3 is 9.52 Å². The Labute approximate surface area is 134 Å². The van der Waals surface area contributed by atoms with E-state index in [2.05, 4.69) is 29.8 Å². The molecule has 1 aliphatic rings. The van der Waals surface area contributed by atoms with Crippen LogP contribution < -0.4 is 0 Å². The van der Waals surface area contributed by atoms with Gasteiger partial charge >= 0.3 is 0 Å². The predicted molar refractivity (Wildman–Crippen MR) is 83.3 cm³/mol. The standard InChI is InChI=1S/C14H22BrNO4S/c1-10(2)11-4-3-6-16(7-5-11)21(18,19)13-8-12(9-17)20-14(13)15/h8,10-11,17H,3-7,9H2,1-2H3. The summed E-state index contributed by atoms with van der Waals surface area (Å²) in [5, 5.41) is 9.07. The number of sulfonamides is 1. The maximum Gasteiger partial charge on any atom is 0.247 e. The first kappa shape index (κ1) is 17.0. The molecule has 0 amide bonds. The van der Waals surface area contributed by atoms with Gasteiger partial charge in [-0.1, -0.05) is 13.8 Å². The largest absolute Gasteiger partial charge is 0.450 e. The molecule has 1 fully saturated rings. The highest BCUT2D eigenvalue weighted by Gasteiger charge is 2.31. The molecule has 21 heavy (non-hydrogen) atoms. The van der Waals surface area contributed by atoms with Gasteiger partial charge in [0, 0.05) is 19.2 Å². The third-order valence-corrected chi connectivity index (χ3v) is 6.91. The Morgan fingerprint density at radius 1 is 1.43 bits per heavy atom. The zero-order valence-electron chi connectivity index (χ0n) is 12.4. The van der Waals surface area contributed by atoms with Crippen molar-refractivity contribution in [3.63, 3.8) is 0 Å². The molecule has 0 spiro atoms. The van der Waals surface area contributed by atoms with Crippen LogP contribution in [0.5, 0.6) is 0 Å². The number of aliphatic hydroxyl groups excluding tert-OH is 1. The van der Waals surface area contributed by atoms with Crippen LogP contribution in [0.3, 0.4) is 0 Å². The lowest BCUT2D eigenvalue weighted by Crippen LogP contribution is -2.32. The minimum absolute atomic E-state index is 0.106. The van der Waals surface area contributed by atoms with E-state index in [0.29, 0.717) is 24.9 Å². The van der Waals surface area contributed by atoms with Gasteiger partial charge in [-0.25, -0.2) is 8.42 Å². The van der Waals surface area contributed by atoms with Gasteiger partial charge in [-0.2, -0.15) is 4.31 Å². The van der Waals surface area contributed by atoms with Crippen LogP contribution in [0.15, 0.2) is 20.0 Å². The maximum absolute atomic E-state index is 12.7. The molecule has 1 aromatic rings. The van der Waals surface area contributed by atoms with Crippen molar-refractivity contribution in [3.05, 3.63) is 16.5 Å². The molecule has 7 heteroatoms. The second-order valence-corrected chi connectivity index (χ2v) is 8.47. The molecule has 1 unspecified atom stereocenters. The van der Waals surface area contributed by atoms with E-state index in [0.717, 1.165) is 19.3 Å². The molecule has 0 aromatic carbocycles. The van der Waals surface area contributed by atoms with Gasteiger partial charge in [-0.3, -0.25) is 0 Å². The summed E-state index contributed by atoms with van der Waals surface area (Å²) in [5.41, 5.74) is 0. The van der Waals surface area contributed by atoms with Crippen molar-refractivity contribution >= 4 is 26.0 Å². The SMILES string of the molecule is CC(C)C1CCCN(S(=O)(=O)c2cc(CO)oc2Br)CC1. The van der Waals surface area contributed by atoms with Crippen LogP contribution in [0, 0.1) is 11.8 Å². The molecule has 0 bridgehead atoms. The summed E-state index contributed by atoms with van der Waals surface area (Å²) in [5.74, 6) is 1.40. The molecule has 1 saturated heterocycles. The van der Waals surface area contributed by atoms with Crippen molar-refractivity contribution in [2.75, 3.05) is 13.1 Å².